The number of aryl methyl sites for hydroxylation is 2. The van der Waals surface area contributed by atoms with Crippen molar-refractivity contribution >= 4 is 87.1 Å². The van der Waals surface area contributed by atoms with E-state index < -0.39 is 0 Å². The summed E-state index contributed by atoms with van der Waals surface area (Å²) in [6, 6.07) is 12.6. The summed E-state index contributed by atoms with van der Waals surface area (Å²) in [5.41, 5.74) is 2.71. The molecular formula is C36H34O2S4. The molecule has 7 rings (SSSR count). The fraction of sp³-hybridized carbons (Fsp3) is 0.333. The molecule has 214 valence electrons. The summed E-state index contributed by atoms with van der Waals surface area (Å²) in [5, 5.41) is 9.50. The van der Waals surface area contributed by atoms with Crippen LogP contribution in [0.4, 0.5) is 0 Å². The van der Waals surface area contributed by atoms with E-state index in [1.54, 1.807) is 45.3 Å². The van der Waals surface area contributed by atoms with Crippen molar-refractivity contribution in [3.8, 4) is 19.5 Å². The summed E-state index contributed by atoms with van der Waals surface area (Å²) in [6.45, 7) is 4.47. The molecule has 0 atom stereocenters. The Morgan fingerprint density at radius 1 is 0.571 bits per heavy atom. The first-order valence-electron chi connectivity index (χ1n) is 15.3. The first-order valence-corrected chi connectivity index (χ1v) is 18.7. The van der Waals surface area contributed by atoms with Crippen molar-refractivity contribution in [3.05, 3.63) is 78.7 Å². The molecule has 0 saturated heterocycles. The zero-order valence-electron chi connectivity index (χ0n) is 24.1. The molecule has 0 spiro atoms. The van der Waals surface area contributed by atoms with Gasteiger partial charge in [0.05, 0.1) is 0 Å². The number of fused-ring (bicyclic) bond motifs is 6. The van der Waals surface area contributed by atoms with Crippen LogP contribution >= 0.6 is 45.3 Å². The van der Waals surface area contributed by atoms with Crippen molar-refractivity contribution in [2.45, 2.75) is 78.1 Å². The quantitative estimate of drug-likeness (QED) is 0.126. The third-order valence-corrected chi connectivity index (χ3v) is 13.3. The molecule has 3 aromatic carbocycles. The minimum atomic E-state index is 0.142. The molecule has 0 saturated carbocycles. The van der Waals surface area contributed by atoms with Gasteiger partial charge >= 0.3 is 0 Å². The Morgan fingerprint density at radius 2 is 1.02 bits per heavy atom. The average Bonchev–Trinajstić information content (AvgIpc) is 3.84. The Balaban J connectivity index is 1.43. The highest BCUT2D eigenvalue weighted by molar-refractivity contribution is 7.27. The van der Waals surface area contributed by atoms with Crippen LogP contribution in [-0.4, -0.2) is 0 Å². The van der Waals surface area contributed by atoms with Crippen LogP contribution in [0.3, 0.4) is 0 Å². The maximum Gasteiger partial charge on any atom is 0.195 e. The van der Waals surface area contributed by atoms with E-state index in [4.69, 9.17) is 0 Å². The van der Waals surface area contributed by atoms with Gasteiger partial charge in [-0.1, -0.05) is 64.5 Å². The van der Waals surface area contributed by atoms with E-state index in [1.807, 2.05) is 0 Å². The molecule has 4 heterocycles. The summed E-state index contributed by atoms with van der Waals surface area (Å²) in [7, 11) is 0. The van der Waals surface area contributed by atoms with Crippen molar-refractivity contribution < 1.29 is 0 Å². The van der Waals surface area contributed by atoms with Gasteiger partial charge in [-0.05, 0) is 71.8 Å². The lowest BCUT2D eigenvalue weighted by atomic mass is 10.0. The Labute approximate surface area is 262 Å². The highest BCUT2D eigenvalue weighted by Gasteiger charge is 2.26. The molecule has 0 fully saturated rings. The number of benzene rings is 1. The third-order valence-electron chi connectivity index (χ3n) is 8.66. The molecule has 0 N–H and O–H groups in total. The second kappa shape index (κ2) is 11.8. The van der Waals surface area contributed by atoms with E-state index in [-0.39, 0.29) is 10.9 Å². The van der Waals surface area contributed by atoms with Crippen molar-refractivity contribution in [2.75, 3.05) is 0 Å². The van der Waals surface area contributed by atoms with Gasteiger partial charge in [0, 0.05) is 61.2 Å². The predicted octanol–water partition coefficient (Wildman–Crippen LogP) is 11.7. The second-order valence-corrected chi connectivity index (χ2v) is 15.3. The molecule has 0 aliphatic rings. The van der Waals surface area contributed by atoms with Gasteiger partial charge in [0.2, 0.25) is 0 Å². The maximum absolute atomic E-state index is 14.2. The highest BCUT2D eigenvalue weighted by atomic mass is 32.1. The van der Waals surface area contributed by atoms with E-state index in [0.29, 0.717) is 0 Å². The van der Waals surface area contributed by atoms with E-state index in [2.05, 4.69) is 61.0 Å². The fourth-order valence-corrected chi connectivity index (χ4v) is 11.1. The molecule has 0 amide bonds. The molecule has 0 aliphatic carbocycles. The number of thiophene rings is 4. The molecule has 0 radical (unpaired) electrons. The fourth-order valence-electron chi connectivity index (χ4n) is 6.56. The van der Waals surface area contributed by atoms with Crippen LogP contribution in [0.1, 0.15) is 76.3 Å². The number of rotatable bonds is 12. The third kappa shape index (κ3) is 4.62. The molecule has 42 heavy (non-hydrogen) atoms. The number of hydrogen-bond donors (Lipinski definition) is 0. The van der Waals surface area contributed by atoms with E-state index in [0.717, 1.165) is 67.4 Å². The summed E-state index contributed by atoms with van der Waals surface area (Å²) >= 11 is 6.99. The minimum Gasteiger partial charge on any atom is -0.289 e. The molecule has 0 bridgehead atoms. The smallest absolute Gasteiger partial charge is 0.195 e. The van der Waals surface area contributed by atoms with Crippen LogP contribution in [0.2, 0.25) is 0 Å². The van der Waals surface area contributed by atoms with Crippen LogP contribution < -0.4 is 10.9 Å². The van der Waals surface area contributed by atoms with Crippen LogP contribution in [0, 0.1) is 0 Å². The summed E-state index contributed by atoms with van der Waals surface area (Å²) < 4.78 is 2.13. The van der Waals surface area contributed by atoms with Gasteiger partial charge in [-0.15, -0.1) is 45.3 Å². The van der Waals surface area contributed by atoms with Gasteiger partial charge < -0.3 is 0 Å². The van der Waals surface area contributed by atoms with E-state index in [9.17, 15) is 9.59 Å². The first kappa shape index (κ1) is 28.1. The zero-order chi connectivity index (χ0) is 28.8. The Kier molecular flexibility index (Phi) is 7.91. The van der Waals surface area contributed by atoms with Crippen LogP contribution in [-0.2, 0) is 12.8 Å². The Bertz CT molecular complexity index is 1940. The molecule has 0 aliphatic heterocycles. The minimum absolute atomic E-state index is 0.142. The summed E-state index contributed by atoms with van der Waals surface area (Å²) in [5.74, 6) is 0. The average molecular weight is 627 g/mol. The topological polar surface area (TPSA) is 34.1 Å². The predicted molar refractivity (Wildman–Crippen MR) is 189 cm³/mol. The zero-order valence-corrected chi connectivity index (χ0v) is 27.4. The molecule has 6 heteroatoms. The van der Waals surface area contributed by atoms with Crippen molar-refractivity contribution in [3.63, 3.8) is 0 Å². The number of hydrogen-bond acceptors (Lipinski definition) is 6. The van der Waals surface area contributed by atoms with Crippen molar-refractivity contribution in [1.29, 1.82) is 0 Å². The van der Waals surface area contributed by atoms with Crippen LogP contribution in [0.15, 0.2) is 56.7 Å². The standard InChI is InChI=1S/C36H34O2S4/c1-3-5-7-9-13-21-29-31(37)23-19-26-24(20-25(23)35(29)41-33(21)27-15-11-17-39-27)32(38)30-22(14-10-8-6-4-2)34(42-36(26)30)28-16-12-18-40-28/h11-12,15-20H,3-10,13-14H2,1-2H3. The summed E-state index contributed by atoms with van der Waals surface area (Å²) in [6.07, 6.45) is 11.3. The number of unbranched alkanes of at least 4 members (excludes halogenated alkanes) is 6. The van der Waals surface area contributed by atoms with Crippen LogP contribution in [0.25, 0.3) is 61.2 Å². The van der Waals surface area contributed by atoms with Gasteiger partial charge in [0.25, 0.3) is 0 Å². The Hall–Kier alpha value is -2.64. The first-order chi connectivity index (χ1) is 20.6. The van der Waals surface area contributed by atoms with Gasteiger partial charge in [-0.2, -0.15) is 0 Å². The van der Waals surface area contributed by atoms with Gasteiger partial charge in [-0.3, -0.25) is 9.59 Å². The van der Waals surface area contributed by atoms with E-state index in [1.165, 1.54) is 69.2 Å². The highest BCUT2D eigenvalue weighted by Crippen LogP contribution is 2.47. The molecule has 0 unspecified atom stereocenters. The lowest BCUT2D eigenvalue weighted by Gasteiger charge is -2.03. The van der Waals surface area contributed by atoms with Crippen molar-refractivity contribution in [2.24, 2.45) is 0 Å². The normalized spacial score (nSPS) is 12.2. The SMILES string of the molecule is CCCCCCc1c(-c2cccs2)sc2c1c(=O)c1cc3c(cc12)c(=O)c1c(CCCCCC)c(-c2cccs2)sc13. The molecule has 7 aromatic rings. The molecule has 2 nitrogen and oxygen atoms in total. The second-order valence-electron chi connectivity index (χ2n) is 11.4. The maximum atomic E-state index is 14.2. The van der Waals surface area contributed by atoms with Crippen molar-refractivity contribution in [1.82, 2.24) is 0 Å². The van der Waals surface area contributed by atoms with E-state index >= 15 is 0 Å². The van der Waals surface area contributed by atoms with Gasteiger partial charge in [0.1, 0.15) is 0 Å². The van der Waals surface area contributed by atoms with Crippen LogP contribution in [0.5, 0.6) is 0 Å². The molecule has 4 aromatic heterocycles. The lowest BCUT2D eigenvalue weighted by molar-refractivity contribution is 0.669. The van der Waals surface area contributed by atoms with Gasteiger partial charge in [0.15, 0.2) is 10.9 Å². The largest absolute Gasteiger partial charge is 0.289 e. The lowest BCUT2D eigenvalue weighted by Crippen LogP contribution is -1.99. The molecular weight excluding hydrogens is 593 g/mol. The van der Waals surface area contributed by atoms with Gasteiger partial charge in [-0.25, -0.2) is 0 Å². The summed E-state index contributed by atoms with van der Waals surface area (Å²) in [4.78, 5) is 33.3. The Morgan fingerprint density at radius 3 is 1.40 bits per heavy atom. The monoisotopic (exact) mass is 626 g/mol.